The largest absolute Gasteiger partial charge is 0.464 e. The number of rotatable bonds is 8. The fourth-order valence-corrected chi connectivity index (χ4v) is 3.36. The molecule has 3 N–H and O–H groups in total. The fourth-order valence-electron chi connectivity index (χ4n) is 3.36. The first-order valence-electron chi connectivity index (χ1n) is 10.4. The number of aliphatic hydroxyl groups is 1. The summed E-state index contributed by atoms with van der Waals surface area (Å²) < 4.78 is 7.24. The Balaban J connectivity index is 1.80. The van der Waals surface area contributed by atoms with Crippen LogP contribution >= 0.6 is 0 Å². The molecule has 0 bridgehead atoms. The van der Waals surface area contributed by atoms with Gasteiger partial charge in [-0.3, -0.25) is 14.9 Å². The number of nitrogens with one attached hydrogen (secondary N) is 2. The number of hydrogen-bond donors (Lipinski definition) is 3. The number of hydrogen-bond acceptors (Lipinski definition) is 6. The number of aromatic amines is 1. The zero-order valence-corrected chi connectivity index (χ0v) is 18.6. The van der Waals surface area contributed by atoms with Crippen molar-refractivity contribution in [2.75, 3.05) is 6.61 Å². The van der Waals surface area contributed by atoms with Crippen molar-refractivity contribution >= 4 is 17.0 Å². The first-order valence-corrected chi connectivity index (χ1v) is 10.4. The molecule has 3 aromatic rings. The van der Waals surface area contributed by atoms with E-state index in [4.69, 9.17) is 9.72 Å². The van der Waals surface area contributed by atoms with E-state index >= 15 is 0 Å². The standard InChI is InChI=1S/C23H30N4O4/c1-13(2)12-31-23(30)20(15(4)28)24-10-16-6-7-19-18(9-16)26-21(27(19)5)17-8-14(3)22(29)25-11-17/h6-9,11,13,15,20,24,28H,10,12H2,1-5H3,(H,25,29)/t15-,20+/m1/s1. The number of aromatic nitrogens is 3. The fraction of sp³-hybridized carbons (Fsp3) is 0.435. The van der Waals surface area contributed by atoms with Gasteiger partial charge in [0.15, 0.2) is 0 Å². The summed E-state index contributed by atoms with van der Waals surface area (Å²) in [5.74, 6) is 0.516. The number of imidazole rings is 1. The van der Waals surface area contributed by atoms with Crippen LogP contribution in [0.2, 0.25) is 0 Å². The van der Waals surface area contributed by atoms with Gasteiger partial charge in [0.25, 0.3) is 5.56 Å². The van der Waals surface area contributed by atoms with E-state index in [9.17, 15) is 14.7 Å². The normalized spacial score (nSPS) is 13.5. The number of carbonyl (C=O) groups excluding carboxylic acids is 1. The molecule has 2 heterocycles. The average Bonchev–Trinajstić information content (AvgIpc) is 3.04. The Kier molecular flexibility index (Phi) is 6.92. The van der Waals surface area contributed by atoms with Crippen LogP contribution in [0.1, 0.15) is 31.9 Å². The monoisotopic (exact) mass is 426 g/mol. The quantitative estimate of drug-likeness (QED) is 0.477. The third-order valence-corrected chi connectivity index (χ3v) is 5.11. The molecule has 31 heavy (non-hydrogen) atoms. The Labute approximate surface area is 181 Å². The van der Waals surface area contributed by atoms with Crippen LogP contribution in [0.15, 0.2) is 35.3 Å². The van der Waals surface area contributed by atoms with Gasteiger partial charge < -0.3 is 19.4 Å². The van der Waals surface area contributed by atoms with Crippen molar-refractivity contribution in [3.05, 3.63) is 51.9 Å². The summed E-state index contributed by atoms with van der Waals surface area (Å²) in [4.78, 5) is 31.4. The predicted molar refractivity (Wildman–Crippen MR) is 120 cm³/mol. The summed E-state index contributed by atoms with van der Waals surface area (Å²) in [6, 6.07) is 6.88. The van der Waals surface area contributed by atoms with Crippen LogP contribution in [0, 0.1) is 12.8 Å². The van der Waals surface area contributed by atoms with Crippen molar-refractivity contribution in [2.45, 2.75) is 46.4 Å². The van der Waals surface area contributed by atoms with Gasteiger partial charge >= 0.3 is 5.97 Å². The van der Waals surface area contributed by atoms with E-state index < -0.39 is 18.1 Å². The summed E-state index contributed by atoms with van der Waals surface area (Å²) in [5, 5.41) is 13.1. The van der Waals surface area contributed by atoms with Crippen molar-refractivity contribution in [1.82, 2.24) is 19.9 Å². The highest BCUT2D eigenvalue weighted by Gasteiger charge is 2.25. The minimum Gasteiger partial charge on any atom is -0.464 e. The van der Waals surface area contributed by atoms with E-state index in [2.05, 4.69) is 10.3 Å². The molecular weight excluding hydrogens is 396 g/mol. The van der Waals surface area contributed by atoms with Gasteiger partial charge in [0.05, 0.1) is 23.7 Å². The number of H-pyrrole nitrogens is 1. The molecule has 0 fully saturated rings. The third-order valence-electron chi connectivity index (χ3n) is 5.11. The lowest BCUT2D eigenvalue weighted by Crippen LogP contribution is -2.45. The molecule has 3 rings (SSSR count). The molecule has 2 atom stereocenters. The van der Waals surface area contributed by atoms with E-state index in [-0.39, 0.29) is 11.5 Å². The third kappa shape index (κ3) is 5.21. The summed E-state index contributed by atoms with van der Waals surface area (Å²) in [5.41, 5.74) is 4.02. The van der Waals surface area contributed by atoms with E-state index in [0.717, 1.165) is 28.0 Å². The number of fused-ring (bicyclic) bond motifs is 1. The summed E-state index contributed by atoms with van der Waals surface area (Å²) >= 11 is 0. The van der Waals surface area contributed by atoms with Crippen LogP contribution < -0.4 is 10.9 Å². The molecule has 0 amide bonds. The van der Waals surface area contributed by atoms with Crippen molar-refractivity contribution in [2.24, 2.45) is 13.0 Å². The number of ether oxygens (including phenoxy) is 1. The maximum absolute atomic E-state index is 12.3. The molecule has 0 aliphatic rings. The Bertz CT molecular complexity index is 1130. The Morgan fingerprint density at radius 3 is 2.68 bits per heavy atom. The van der Waals surface area contributed by atoms with E-state index in [1.165, 1.54) is 0 Å². The molecule has 0 saturated carbocycles. The molecule has 8 nitrogen and oxygen atoms in total. The highest BCUT2D eigenvalue weighted by Crippen LogP contribution is 2.24. The van der Waals surface area contributed by atoms with Gasteiger partial charge in [-0.2, -0.15) is 0 Å². The van der Waals surface area contributed by atoms with Crippen LogP contribution in [0.3, 0.4) is 0 Å². The second kappa shape index (κ2) is 9.45. The lowest BCUT2D eigenvalue weighted by atomic mass is 10.1. The summed E-state index contributed by atoms with van der Waals surface area (Å²) in [6.07, 6.45) is 0.781. The molecule has 0 saturated heterocycles. The van der Waals surface area contributed by atoms with Crippen LogP contribution in [0.4, 0.5) is 0 Å². The molecule has 0 aliphatic heterocycles. The number of carbonyl (C=O) groups is 1. The number of aryl methyl sites for hydroxylation is 2. The molecule has 1 aromatic carbocycles. The maximum atomic E-state index is 12.3. The number of nitrogens with zero attached hydrogens (tertiary/aromatic N) is 2. The number of aliphatic hydroxyl groups excluding tert-OH is 1. The second-order valence-corrected chi connectivity index (χ2v) is 8.34. The topological polar surface area (TPSA) is 109 Å². The van der Waals surface area contributed by atoms with Crippen molar-refractivity contribution in [3.8, 4) is 11.4 Å². The van der Waals surface area contributed by atoms with Gasteiger partial charge in [-0.25, -0.2) is 4.98 Å². The number of pyridine rings is 1. The summed E-state index contributed by atoms with van der Waals surface area (Å²) in [7, 11) is 1.93. The van der Waals surface area contributed by atoms with E-state index in [1.807, 2.05) is 49.7 Å². The highest BCUT2D eigenvalue weighted by molar-refractivity contribution is 5.81. The number of benzene rings is 1. The van der Waals surface area contributed by atoms with Crippen LogP contribution in [0.5, 0.6) is 0 Å². The minimum atomic E-state index is -0.881. The second-order valence-electron chi connectivity index (χ2n) is 8.34. The van der Waals surface area contributed by atoms with Gasteiger partial charge in [0, 0.05) is 30.9 Å². The molecule has 0 aliphatic carbocycles. The lowest BCUT2D eigenvalue weighted by Gasteiger charge is -2.20. The van der Waals surface area contributed by atoms with Crippen LogP contribution in [-0.2, 0) is 23.1 Å². The van der Waals surface area contributed by atoms with Crippen molar-refractivity contribution in [1.29, 1.82) is 0 Å². The number of esters is 1. The maximum Gasteiger partial charge on any atom is 0.325 e. The molecule has 0 spiro atoms. The first-order chi connectivity index (χ1) is 14.7. The SMILES string of the molecule is Cc1cc(-c2nc3cc(CN[C@H](C(=O)OCC(C)C)[C@@H](C)O)ccc3n2C)c[nH]c1=O. The Morgan fingerprint density at radius 2 is 2.03 bits per heavy atom. The van der Waals surface area contributed by atoms with E-state index in [0.29, 0.717) is 18.7 Å². The molecule has 0 radical (unpaired) electrons. The average molecular weight is 427 g/mol. The zero-order valence-electron chi connectivity index (χ0n) is 18.6. The molecule has 0 unspecified atom stereocenters. The van der Waals surface area contributed by atoms with Gasteiger partial charge in [-0.05, 0) is 43.5 Å². The van der Waals surface area contributed by atoms with Crippen LogP contribution in [0.25, 0.3) is 22.4 Å². The Morgan fingerprint density at radius 1 is 1.29 bits per heavy atom. The van der Waals surface area contributed by atoms with Gasteiger partial charge in [-0.1, -0.05) is 19.9 Å². The zero-order chi connectivity index (χ0) is 22.7. The van der Waals surface area contributed by atoms with Gasteiger partial charge in [0.1, 0.15) is 11.9 Å². The van der Waals surface area contributed by atoms with Crippen LogP contribution in [-0.4, -0.2) is 44.4 Å². The van der Waals surface area contributed by atoms with Crippen molar-refractivity contribution < 1.29 is 14.6 Å². The van der Waals surface area contributed by atoms with E-state index in [1.54, 1.807) is 20.0 Å². The molecule has 166 valence electrons. The molecule has 8 heteroatoms. The summed E-state index contributed by atoms with van der Waals surface area (Å²) in [6.45, 7) is 7.95. The Hall–Kier alpha value is -2.97. The smallest absolute Gasteiger partial charge is 0.325 e. The molecular formula is C23H30N4O4. The van der Waals surface area contributed by atoms with Gasteiger partial charge in [0.2, 0.25) is 0 Å². The first kappa shape index (κ1) is 22.7. The minimum absolute atomic E-state index is 0.115. The molecule has 2 aromatic heterocycles. The predicted octanol–water partition coefficient (Wildman–Crippen LogP) is 2.28. The van der Waals surface area contributed by atoms with Crippen molar-refractivity contribution in [3.63, 3.8) is 0 Å². The lowest BCUT2D eigenvalue weighted by molar-refractivity contribution is -0.150. The highest BCUT2D eigenvalue weighted by atomic mass is 16.5. The van der Waals surface area contributed by atoms with Gasteiger partial charge in [-0.15, -0.1) is 0 Å².